The summed E-state index contributed by atoms with van der Waals surface area (Å²) >= 11 is 0. The van der Waals surface area contributed by atoms with Gasteiger partial charge in [-0.1, -0.05) is 6.92 Å². The molecule has 0 rings (SSSR count). The number of alkyl halides is 2. The minimum Gasteiger partial charge on any atom is -0.386 e. The molecule has 0 aliphatic carbocycles. The molecule has 72 valence electrons. The van der Waals surface area contributed by atoms with Crippen LogP contribution in [0.25, 0.3) is 0 Å². The van der Waals surface area contributed by atoms with Crippen molar-refractivity contribution in [2.75, 3.05) is 13.6 Å². The fraction of sp³-hybridized carbons (Fsp3) is 0.857. The molecular formula is C7H15F2N3. The average Bonchev–Trinajstić information content (AvgIpc) is 1.85. The summed E-state index contributed by atoms with van der Waals surface area (Å²) in [7, 11) is 1.54. The first-order chi connectivity index (χ1) is 5.49. The van der Waals surface area contributed by atoms with Crippen LogP contribution >= 0.6 is 0 Å². The number of rotatable bonds is 5. The van der Waals surface area contributed by atoms with Gasteiger partial charge in [-0.25, -0.2) is 8.78 Å². The molecule has 0 aliphatic rings. The van der Waals surface area contributed by atoms with Crippen LogP contribution in [0.4, 0.5) is 8.78 Å². The van der Waals surface area contributed by atoms with Crippen LogP contribution in [0, 0.1) is 5.41 Å². The first-order valence-electron chi connectivity index (χ1n) is 3.81. The van der Waals surface area contributed by atoms with Gasteiger partial charge < -0.3 is 5.73 Å². The summed E-state index contributed by atoms with van der Waals surface area (Å²) in [5.74, 6) is -0.0550. The quantitative estimate of drug-likeness (QED) is 0.486. The Morgan fingerprint density at radius 3 is 2.33 bits per heavy atom. The molecule has 0 amide bonds. The summed E-state index contributed by atoms with van der Waals surface area (Å²) in [5.41, 5.74) is 5.22. The standard InChI is InChI=1S/C7H15F2N3/c1-3-5(7(10)11)12(2)4-6(8)9/h5-6H,3-4H2,1-2H3,(H3,10,11). The Bertz CT molecular complexity index is 150. The van der Waals surface area contributed by atoms with E-state index in [1.165, 1.54) is 4.90 Å². The molecule has 1 atom stereocenters. The Balaban J connectivity index is 4.02. The summed E-state index contributed by atoms with van der Waals surface area (Å²) in [6.07, 6.45) is -1.79. The van der Waals surface area contributed by atoms with Gasteiger partial charge in [0.25, 0.3) is 6.43 Å². The maximum Gasteiger partial charge on any atom is 0.251 e. The Morgan fingerprint density at radius 2 is 2.08 bits per heavy atom. The zero-order valence-corrected chi connectivity index (χ0v) is 7.35. The van der Waals surface area contributed by atoms with Crippen molar-refractivity contribution >= 4 is 5.84 Å². The number of nitrogens with one attached hydrogen (secondary N) is 1. The minimum absolute atomic E-state index is 0.0550. The van der Waals surface area contributed by atoms with Gasteiger partial charge in [0.1, 0.15) is 5.84 Å². The van der Waals surface area contributed by atoms with Crippen LogP contribution in [-0.2, 0) is 0 Å². The Labute approximate surface area is 71.0 Å². The van der Waals surface area contributed by atoms with Crippen LogP contribution in [0.1, 0.15) is 13.3 Å². The van der Waals surface area contributed by atoms with Gasteiger partial charge in [-0.3, -0.25) is 10.3 Å². The van der Waals surface area contributed by atoms with Gasteiger partial charge in [-0.15, -0.1) is 0 Å². The van der Waals surface area contributed by atoms with E-state index in [0.29, 0.717) is 6.42 Å². The van der Waals surface area contributed by atoms with E-state index in [9.17, 15) is 8.78 Å². The molecule has 0 spiro atoms. The van der Waals surface area contributed by atoms with Crippen LogP contribution in [0.15, 0.2) is 0 Å². The van der Waals surface area contributed by atoms with E-state index in [2.05, 4.69) is 0 Å². The van der Waals surface area contributed by atoms with Crippen LogP contribution in [0.5, 0.6) is 0 Å². The van der Waals surface area contributed by atoms with Crippen LogP contribution < -0.4 is 5.73 Å². The van der Waals surface area contributed by atoms with Crippen molar-refractivity contribution in [2.45, 2.75) is 25.8 Å². The van der Waals surface area contributed by atoms with E-state index in [1.54, 1.807) is 7.05 Å². The third-order valence-electron chi connectivity index (χ3n) is 1.70. The third-order valence-corrected chi connectivity index (χ3v) is 1.70. The molecule has 0 saturated heterocycles. The van der Waals surface area contributed by atoms with E-state index in [0.717, 1.165) is 0 Å². The Hall–Kier alpha value is -0.710. The summed E-state index contributed by atoms with van der Waals surface area (Å²) in [5, 5.41) is 7.12. The van der Waals surface area contributed by atoms with Crippen molar-refractivity contribution in [3.05, 3.63) is 0 Å². The van der Waals surface area contributed by atoms with Gasteiger partial charge in [0, 0.05) is 0 Å². The first kappa shape index (κ1) is 11.3. The highest BCUT2D eigenvalue weighted by Crippen LogP contribution is 2.04. The predicted molar refractivity (Wildman–Crippen MR) is 44.6 cm³/mol. The molecule has 0 aromatic heterocycles. The first-order valence-corrected chi connectivity index (χ1v) is 3.81. The summed E-state index contributed by atoms with van der Waals surface area (Å²) in [4.78, 5) is 1.40. The second-order valence-corrected chi connectivity index (χ2v) is 2.71. The Kier molecular flexibility index (Phi) is 4.73. The van der Waals surface area contributed by atoms with Crippen molar-refractivity contribution in [3.63, 3.8) is 0 Å². The van der Waals surface area contributed by atoms with Crippen LogP contribution in [0.3, 0.4) is 0 Å². The van der Waals surface area contributed by atoms with Crippen molar-refractivity contribution in [1.29, 1.82) is 5.41 Å². The number of hydrogen-bond donors (Lipinski definition) is 2. The van der Waals surface area contributed by atoms with Crippen molar-refractivity contribution in [2.24, 2.45) is 5.73 Å². The maximum absolute atomic E-state index is 11.9. The lowest BCUT2D eigenvalue weighted by atomic mass is 10.2. The van der Waals surface area contributed by atoms with Crippen LogP contribution in [-0.4, -0.2) is 36.8 Å². The molecule has 0 saturated carbocycles. The number of amidine groups is 1. The fourth-order valence-corrected chi connectivity index (χ4v) is 1.11. The highest BCUT2D eigenvalue weighted by atomic mass is 19.3. The van der Waals surface area contributed by atoms with Crippen molar-refractivity contribution in [3.8, 4) is 0 Å². The molecule has 0 aliphatic heterocycles. The molecule has 0 aromatic carbocycles. The van der Waals surface area contributed by atoms with E-state index < -0.39 is 6.43 Å². The molecule has 5 heteroatoms. The number of halogens is 2. The fourth-order valence-electron chi connectivity index (χ4n) is 1.11. The minimum atomic E-state index is -2.37. The molecule has 1 unspecified atom stereocenters. The molecule has 12 heavy (non-hydrogen) atoms. The molecule has 3 nitrogen and oxygen atoms in total. The maximum atomic E-state index is 11.9. The molecule has 3 N–H and O–H groups in total. The molecule has 0 radical (unpaired) electrons. The van der Waals surface area contributed by atoms with E-state index >= 15 is 0 Å². The van der Waals surface area contributed by atoms with Gasteiger partial charge in [0.2, 0.25) is 0 Å². The highest BCUT2D eigenvalue weighted by molar-refractivity contribution is 5.82. The number of hydrogen-bond acceptors (Lipinski definition) is 2. The van der Waals surface area contributed by atoms with Gasteiger partial charge in [0.15, 0.2) is 0 Å². The largest absolute Gasteiger partial charge is 0.386 e. The summed E-state index contributed by atoms with van der Waals surface area (Å²) in [6, 6.07) is -0.362. The predicted octanol–water partition coefficient (Wildman–Crippen LogP) is 0.898. The average molecular weight is 179 g/mol. The van der Waals surface area contributed by atoms with E-state index in [-0.39, 0.29) is 18.4 Å². The zero-order chi connectivity index (χ0) is 9.72. The monoisotopic (exact) mass is 179 g/mol. The third kappa shape index (κ3) is 3.61. The SMILES string of the molecule is CCC(C(=N)N)N(C)CC(F)F. The molecule has 0 bridgehead atoms. The zero-order valence-electron chi connectivity index (χ0n) is 7.35. The highest BCUT2D eigenvalue weighted by Gasteiger charge is 2.18. The lowest BCUT2D eigenvalue weighted by Gasteiger charge is -2.25. The second-order valence-electron chi connectivity index (χ2n) is 2.71. The number of nitrogens with two attached hydrogens (primary N) is 1. The van der Waals surface area contributed by atoms with Gasteiger partial charge in [-0.2, -0.15) is 0 Å². The molecular weight excluding hydrogens is 164 g/mol. The van der Waals surface area contributed by atoms with Gasteiger partial charge in [0.05, 0.1) is 12.6 Å². The second kappa shape index (κ2) is 5.03. The smallest absolute Gasteiger partial charge is 0.251 e. The van der Waals surface area contributed by atoms with E-state index in [1.807, 2.05) is 6.92 Å². The molecule has 0 heterocycles. The molecule has 0 fully saturated rings. The lowest BCUT2D eigenvalue weighted by molar-refractivity contribution is 0.0917. The van der Waals surface area contributed by atoms with Gasteiger partial charge in [-0.05, 0) is 13.5 Å². The van der Waals surface area contributed by atoms with E-state index in [4.69, 9.17) is 11.1 Å². The Morgan fingerprint density at radius 1 is 1.58 bits per heavy atom. The normalized spacial score (nSPS) is 13.8. The van der Waals surface area contributed by atoms with Crippen LogP contribution in [0.2, 0.25) is 0 Å². The number of likely N-dealkylation sites (N-methyl/N-ethyl adjacent to an activating group) is 1. The van der Waals surface area contributed by atoms with Crippen molar-refractivity contribution < 1.29 is 8.78 Å². The summed E-state index contributed by atoms with van der Waals surface area (Å²) < 4.78 is 23.8. The number of nitrogens with zero attached hydrogens (tertiary/aromatic N) is 1. The topological polar surface area (TPSA) is 53.1 Å². The summed E-state index contributed by atoms with van der Waals surface area (Å²) in [6.45, 7) is 1.48. The van der Waals surface area contributed by atoms with Gasteiger partial charge >= 0.3 is 0 Å². The lowest BCUT2D eigenvalue weighted by Crippen LogP contribution is -2.43. The molecule has 0 aromatic rings. The van der Waals surface area contributed by atoms with Crippen molar-refractivity contribution in [1.82, 2.24) is 4.90 Å².